The summed E-state index contributed by atoms with van der Waals surface area (Å²) in [5.74, 6) is 0.127. The molecule has 1 N–H and O–H groups in total. The van der Waals surface area contributed by atoms with Crippen molar-refractivity contribution in [2.75, 3.05) is 42.9 Å². The zero-order valence-electron chi connectivity index (χ0n) is 13.8. The van der Waals surface area contributed by atoms with Gasteiger partial charge in [0.15, 0.2) is 0 Å². The average molecular weight is 344 g/mol. The Morgan fingerprint density at radius 3 is 2.46 bits per heavy atom. The topological polar surface area (TPSA) is 35.6 Å². The van der Waals surface area contributed by atoms with E-state index in [0.29, 0.717) is 11.6 Å². The molecule has 0 saturated carbocycles. The van der Waals surface area contributed by atoms with Crippen molar-refractivity contribution in [2.24, 2.45) is 0 Å². The second-order valence-electron chi connectivity index (χ2n) is 5.97. The van der Waals surface area contributed by atoms with E-state index in [-0.39, 0.29) is 5.91 Å². The van der Waals surface area contributed by atoms with E-state index in [1.807, 2.05) is 48.2 Å². The fourth-order valence-corrected chi connectivity index (χ4v) is 3.11. The van der Waals surface area contributed by atoms with Crippen LogP contribution in [-0.2, 0) is 4.79 Å². The molecule has 2 aromatic rings. The highest BCUT2D eigenvalue weighted by Gasteiger charge is 2.21. The molecule has 4 nitrogen and oxygen atoms in total. The van der Waals surface area contributed by atoms with Gasteiger partial charge in [0.2, 0.25) is 5.91 Å². The third kappa shape index (κ3) is 3.82. The first-order chi connectivity index (χ1) is 11.6. The van der Waals surface area contributed by atoms with Gasteiger partial charge in [0, 0.05) is 42.6 Å². The maximum absolute atomic E-state index is 12.4. The molecule has 0 spiro atoms. The number of carbonyl (C=O) groups excluding carboxylic acids is 1. The van der Waals surface area contributed by atoms with E-state index in [2.05, 4.69) is 22.3 Å². The highest BCUT2D eigenvalue weighted by Crippen LogP contribution is 2.22. The van der Waals surface area contributed by atoms with Crippen molar-refractivity contribution in [1.82, 2.24) is 4.90 Å². The van der Waals surface area contributed by atoms with Crippen molar-refractivity contribution in [3.05, 3.63) is 59.1 Å². The van der Waals surface area contributed by atoms with Crippen LogP contribution >= 0.6 is 11.6 Å². The highest BCUT2D eigenvalue weighted by molar-refractivity contribution is 6.31. The lowest BCUT2D eigenvalue weighted by molar-refractivity contribution is -0.129. The smallest absolute Gasteiger partial charge is 0.241 e. The number of hydrogen-bond donors (Lipinski definition) is 1. The molecule has 126 valence electrons. The van der Waals surface area contributed by atoms with E-state index in [1.54, 1.807) is 0 Å². The molecule has 1 aliphatic rings. The van der Waals surface area contributed by atoms with Gasteiger partial charge in [-0.1, -0.05) is 35.9 Å². The Kier molecular flexibility index (Phi) is 5.26. The fraction of sp³-hybridized carbons (Fsp3) is 0.316. The molecule has 1 amide bonds. The van der Waals surface area contributed by atoms with Crippen LogP contribution in [0.5, 0.6) is 0 Å². The minimum Gasteiger partial charge on any atom is -0.376 e. The monoisotopic (exact) mass is 343 g/mol. The number of rotatable bonds is 4. The Labute approximate surface area is 148 Å². The van der Waals surface area contributed by atoms with Crippen LogP contribution in [0.2, 0.25) is 5.02 Å². The molecule has 1 saturated heterocycles. The molecule has 0 radical (unpaired) electrons. The van der Waals surface area contributed by atoms with Crippen LogP contribution in [0.1, 0.15) is 5.56 Å². The summed E-state index contributed by atoms with van der Waals surface area (Å²) in [7, 11) is 0. The molecular formula is C19H22ClN3O. The van der Waals surface area contributed by atoms with Crippen molar-refractivity contribution in [2.45, 2.75) is 6.92 Å². The van der Waals surface area contributed by atoms with Crippen LogP contribution in [0.15, 0.2) is 48.5 Å². The van der Waals surface area contributed by atoms with Gasteiger partial charge in [-0.3, -0.25) is 4.79 Å². The minimum atomic E-state index is 0.127. The zero-order valence-corrected chi connectivity index (χ0v) is 14.6. The van der Waals surface area contributed by atoms with Gasteiger partial charge in [0.05, 0.1) is 6.54 Å². The predicted molar refractivity (Wildman–Crippen MR) is 99.9 cm³/mol. The summed E-state index contributed by atoms with van der Waals surface area (Å²) < 4.78 is 0. The van der Waals surface area contributed by atoms with Crippen LogP contribution in [0.4, 0.5) is 11.4 Å². The van der Waals surface area contributed by atoms with Gasteiger partial charge < -0.3 is 15.1 Å². The summed E-state index contributed by atoms with van der Waals surface area (Å²) in [4.78, 5) is 16.7. The number of amides is 1. The van der Waals surface area contributed by atoms with Crippen molar-refractivity contribution in [3.63, 3.8) is 0 Å². The number of nitrogens with one attached hydrogen (secondary N) is 1. The Morgan fingerprint density at radius 1 is 1.04 bits per heavy atom. The van der Waals surface area contributed by atoms with E-state index in [0.717, 1.165) is 37.4 Å². The Balaban J connectivity index is 1.51. The summed E-state index contributed by atoms with van der Waals surface area (Å²) in [6.45, 7) is 5.49. The molecule has 2 aromatic carbocycles. The molecule has 1 heterocycles. The molecule has 0 unspecified atom stereocenters. The van der Waals surface area contributed by atoms with E-state index in [4.69, 9.17) is 11.6 Å². The lowest BCUT2D eigenvalue weighted by Gasteiger charge is -2.36. The summed E-state index contributed by atoms with van der Waals surface area (Å²) >= 11 is 6.11. The first-order valence-corrected chi connectivity index (χ1v) is 8.60. The lowest BCUT2D eigenvalue weighted by Crippen LogP contribution is -2.50. The SMILES string of the molecule is Cc1c(Cl)cccc1NCC(=O)N1CCN(c2ccccc2)CC1. The van der Waals surface area contributed by atoms with E-state index < -0.39 is 0 Å². The van der Waals surface area contributed by atoms with Crippen molar-refractivity contribution in [1.29, 1.82) is 0 Å². The summed E-state index contributed by atoms with van der Waals surface area (Å²) in [5.41, 5.74) is 3.11. The second kappa shape index (κ2) is 7.58. The molecule has 3 rings (SSSR count). The summed E-state index contributed by atoms with van der Waals surface area (Å²) in [6.07, 6.45) is 0. The molecule has 0 bridgehead atoms. The Hall–Kier alpha value is -2.20. The standard InChI is InChI=1S/C19H22ClN3O/c1-15-17(20)8-5-9-18(15)21-14-19(24)23-12-10-22(11-13-23)16-6-3-2-4-7-16/h2-9,21H,10-14H2,1H3. The second-order valence-corrected chi connectivity index (χ2v) is 6.38. The van der Waals surface area contributed by atoms with Crippen LogP contribution in [0, 0.1) is 6.92 Å². The number of hydrogen-bond acceptors (Lipinski definition) is 3. The Morgan fingerprint density at radius 2 is 1.75 bits per heavy atom. The number of nitrogens with zero attached hydrogens (tertiary/aromatic N) is 2. The van der Waals surface area contributed by atoms with Crippen LogP contribution in [0.3, 0.4) is 0 Å². The first-order valence-electron chi connectivity index (χ1n) is 8.22. The van der Waals surface area contributed by atoms with Gasteiger partial charge in [-0.2, -0.15) is 0 Å². The molecule has 5 heteroatoms. The average Bonchev–Trinajstić information content (AvgIpc) is 2.63. The number of halogens is 1. The number of benzene rings is 2. The number of piperazine rings is 1. The maximum atomic E-state index is 12.4. The summed E-state index contributed by atoms with van der Waals surface area (Å²) in [6, 6.07) is 16.0. The molecular weight excluding hydrogens is 322 g/mol. The molecule has 1 aliphatic heterocycles. The summed E-state index contributed by atoms with van der Waals surface area (Å²) in [5, 5.41) is 3.92. The van der Waals surface area contributed by atoms with Crippen LogP contribution < -0.4 is 10.2 Å². The van der Waals surface area contributed by atoms with Gasteiger partial charge in [-0.05, 0) is 36.8 Å². The maximum Gasteiger partial charge on any atom is 0.241 e. The quantitative estimate of drug-likeness (QED) is 0.924. The molecule has 1 fully saturated rings. The first kappa shape index (κ1) is 16.7. The van der Waals surface area contributed by atoms with Gasteiger partial charge in [-0.25, -0.2) is 0 Å². The number of para-hydroxylation sites is 1. The van der Waals surface area contributed by atoms with E-state index in [9.17, 15) is 4.79 Å². The third-order valence-corrected chi connectivity index (χ3v) is 4.86. The van der Waals surface area contributed by atoms with Gasteiger partial charge in [0.1, 0.15) is 0 Å². The third-order valence-electron chi connectivity index (χ3n) is 4.45. The number of anilines is 2. The molecule has 0 aromatic heterocycles. The Bertz CT molecular complexity index is 697. The molecule has 24 heavy (non-hydrogen) atoms. The largest absolute Gasteiger partial charge is 0.376 e. The van der Waals surface area contributed by atoms with Gasteiger partial charge >= 0.3 is 0 Å². The zero-order chi connectivity index (χ0) is 16.9. The van der Waals surface area contributed by atoms with E-state index in [1.165, 1.54) is 5.69 Å². The lowest BCUT2D eigenvalue weighted by atomic mass is 10.2. The highest BCUT2D eigenvalue weighted by atomic mass is 35.5. The normalized spacial score (nSPS) is 14.6. The van der Waals surface area contributed by atoms with Crippen molar-refractivity contribution >= 4 is 28.9 Å². The van der Waals surface area contributed by atoms with E-state index >= 15 is 0 Å². The molecule has 0 aliphatic carbocycles. The van der Waals surface area contributed by atoms with Crippen molar-refractivity contribution in [3.8, 4) is 0 Å². The van der Waals surface area contributed by atoms with Crippen molar-refractivity contribution < 1.29 is 4.79 Å². The predicted octanol–water partition coefficient (Wildman–Crippen LogP) is 3.41. The minimum absolute atomic E-state index is 0.127. The molecule has 0 atom stereocenters. The van der Waals surface area contributed by atoms with Gasteiger partial charge in [-0.15, -0.1) is 0 Å². The fourth-order valence-electron chi connectivity index (χ4n) is 2.93. The van der Waals surface area contributed by atoms with Gasteiger partial charge in [0.25, 0.3) is 0 Å². The number of carbonyl (C=O) groups is 1. The van der Waals surface area contributed by atoms with Crippen LogP contribution in [0.25, 0.3) is 0 Å². The van der Waals surface area contributed by atoms with Crippen LogP contribution in [-0.4, -0.2) is 43.5 Å².